The average molecular weight is 218 g/mol. The molecule has 0 aliphatic carbocycles. The fraction of sp³-hybridized carbons (Fsp3) is 0.667. The topological polar surface area (TPSA) is 60.4 Å². The van der Waals surface area contributed by atoms with Crippen LogP contribution in [0.3, 0.4) is 0 Å². The number of esters is 1. The first-order valence-electron chi connectivity index (χ1n) is 4.12. The van der Waals surface area contributed by atoms with E-state index in [-0.39, 0.29) is 6.61 Å². The number of ether oxygens (including phenoxy) is 1. The maximum Gasteiger partial charge on any atom is 0.326 e. The minimum Gasteiger partial charge on any atom is -0.465 e. The number of terminal acetylenes is 1. The van der Waals surface area contributed by atoms with Crippen molar-refractivity contribution in [2.45, 2.75) is 25.5 Å². The molecule has 80 valence electrons. The van der Waals surface area contributed by atoms with Crippen LogP contribution in [0.2, 0.25) is 0 Å². The van der Waals surface area contributed by atoms with Gasteiger partial charge in [0.25, 0.3) is 0 Å². The Morgan fingerprint density at radius 1 is 1.50 bits per heavy atom. The largest absolute Gasteiger partial charge is 0.465 e. The zero-order valence-corrected chi connectivity index (χ0v) is 9.35. The Hall–Kier alpha value is -1.02. The Kier molecular flexibility index (Phi) is 4.14. The molecule has 0 aliphatic rings. The van der Waals surface area contributed by atoms with Crippen LogP contribution in [0.15, 0.2) is 0 Å². The second-order valence-electron chi connectivity index (χ2n) is 3.19. The van der Waals surface area contributed by atoms with Crippen LogP contribution in [-0.4, -0.2) is 31.5 Å². The van der Waals surface area contributed by atoms with Crippen molar-refractivity contribution in [3.63, 3.8) is 0 Å². The first kappa shape index (κ1) is 13.0. The second-order valence-corrected chi connectivity index (χ2v) is 5.73. The van der Waals surface area contributed by atoms with Gasteiger partial charge in [0.05, 0.1) is 6.61 Å². The molecule has 0 N–H and O–H groups in total. The van der Waals surface area contributed by atoms with Gasteiger partial charge in [-0.05, 0) is 20.8 Å². The summed E-state index contributed by atoms with van der Waals surface area (Å²) in [6.07, 6.45) is 4.90. The van der Waals surface area contributed by atoms with E-state index in [0.717, 1.165) is 0 Å². The molecule has 0 saturated carbocycles. The molecule has 5 heteroatoms. The predicted molar refractivity (Wildman–Crippen MR) is 53.3 cm³/mol. The second kappa shape index (κ2) is 4.47. The lowest BCUT2D eigenvalue weighted by molar-refractivity contribution is -0.145. The van der Waals surface area contributed by atoms with Crippen LogP contribution >= 0.6 is 0 Å². The molecule has 0 rings (SSSR count). The summed E-state index contributed by atoms with van der Waals surface area (Å²) in [6.45, 7) is 4.34. The normalized spacial score (nSPS) is 11.9. The van der Waals surface area contributed by atoms with Crippen molar-refractivity contribution in [1.29, 1.82) is 0 Å². The van der Waals surface area contributed by atoms with Gasteiger partial charge in [0, 0.05) is 0 Å². The lowest BCUT2D eigenvalue weighted by Crippen LogP contribution is -2.43. The zero-order valence-electron chi connectivity index (χ0n) is 8.53. The first-order valence-corrected chi connectivity index (χ1v) is 5.77. The zero-order chi connectivity index (χ0) is 11.4. The molecule has 0 aliphatic heterocycles. The molecule has 0 amide bonds. The molecule has 0 spiro atoms. The third-order valence-electron chi connectivity index (χ3n) is 1.82. The molecule has 0 radical (unpaired) electrons. The van der Waals surface area contributed by atoms with E-state index in [0.29, 0.717) is 0 Å². The quantitative estimate of drug-likeness (QED) is 0.505. The summed E-state index contributed by atoms with van der Waals surface area (Å²) in [5.41, 5.74) is 0. The van der Waals surface area contributed by atoms with E-state index in [9.17, 15) is 13.2 Å². The van der Waals surface area contributed by atoms with E-state index in [1.54, 1.807) is 6.92 Å². The smallest absolute Gasteiger partial charge is 0.326 e. The Bertz CT molecular complexity index is 345. The fourth-order valence-corrected chi connectivity index (χ4v) is 1.62. The minimum absolute atomic E-state index is 0.147. The number of hydrogen-bond acceptors (Lipinski definition) is 4. The SMILES string of the molecule is C#CCS(=O)(=O)C(C)(C)C(=O)OCC. The van der Waals surface area contributed by atoms with E-state index >= 15 is 0 Å². The molecule has 0 aromatic heterocycles. The number of rotatable bonds is 4. The molecule has 0 atom stereocenters. The average Bonchev–Trinajstić information content (AvgIpc) is 2.04. The Morgan fingerprint density at radius 2 is 2.00 bits per heavy atom. The Labute approximate surface area is 84.6 Å². The van der Waals surface area contributed by atoms with Crippen LogP contribution < -0.4 is 0 Å². The van der Waals surface area contributed by atoms with Gasteiger partial charge in [0.1, 0.15) is 5.75 Å². The van der Waals surface area contributed by atoms with Gasteiger partial charge in [-0.2, -0.15) is 0 Å². The molecule has 0 heterocycles. The van der Waals surface area contributed by atoms with Gasteiger partial charge in [-0.15, -0.1) is 6.42 Å². The van der Waals surface area contributed by atoms with Crippen LogP contribution in [0.4, 0.5) is 0 Å². The number of carbonyl (C=O) groups excluding carboxylic acids is 1. The summed E-state index contributed by atoms with van der Waals surface area (Å²) in [4.78, 5) is 11.3. The fourth-order valence-electron chi connectivity index (χ4n) is 0.722. The van der Waals surface area contributed by atoms with Crippen molar-refractivity contribution in [2.24, 2.45) is 0 Å². The molecule has 0 aromatic carbocycles. The number of sulfone groups is 1. The monoisotopic (exact) mass is 218 g/mol. The van der Waals surface area contributed by atoms with Gasteiger partial charge in [-0.1, -0.05) is 5.92 Å². The first-order chi connectivity index (χ1) is 6.29. The van der Waals surface area contributed by atoms with Gasteiger partial charge in [0.15, 0.2) is 14.6 Å². The lowest BCUT2D eigenvalue weighted by Gasteiger charge is -2.20. The third-order valence-corrected chi connectivity index (χ3v) is 4.09. The molecule has 4 nitrogen and oxygen atoms in total. The van der Waals surface area contributed by atoms with Crippen LogP contribution in [0.25, 0.3) is 0 Å². The Balaban J connectivity index is 4.97. The van der Waals surface area contributed by atoms with E-state index in [1.165, 1.54) is 13.8 Å². The summed E-state index contributed by atoms with van der Waals surface area (Å²) in [5.74, 6) is 0.788. The standard InChI is InChI=1S/C9H14O4S/c1-5-7-14(11,12)9(3,4)8(10)13-6-2/h1H,6-7H2,2-4H3. The highest BCUT2D eigenvalue weighted by molar-refractivity contribution is 7.93. The van der Waals surface area contributed by atoms with Crippen molar-refractivity contribution >= 4 is 15.8 Å². The summed E-state index contributed by atoms with van der Waals surface area (Å²) in [7, 11) is -3.64. The summed E-state index contributed by atoms with van der Waals surface area (Å²) in [6, 6.07) is 0. The highest BCUT2D eigenvalue weighted by atomic mass is 32.2. The number of carbonyl (C=O) groups is 1. The van der Waals surface area contributed by atoms with Gasteiger partial charge >= 0.3 is 5.97 Å². The van der Waals surface area contributed by atoms with Crippen molar-refractivity contribution in [1.82, 2.24) is 0 Å². The van der Waals surface area contributed by atoms with E-state index in [1.807, 2.05) is 5.92 Å². The van der Waals surface area contributed by atoms with E-state index in [4.69, 9.17) is 6.42 Å². The highest BCUT2D eigenvalue weighted by Crippen LogP contribution is 2.18. The van der Waals surface area contributed by atoms with Crippen LogP contribution in [0.1, 0.15) is 20.8 Å². The predicted octanol–water partition coefficient (Wildman–Crippen LogP) is 0.376. The third kappa shape index (κ3) is 2.48. The molecule has 0 aromatic rings. The summed E-state index contributed by atoms with van der Waals surface area (Å²) >= 11 is 0. The lowest BCUT2D eigenvalue weighted by atomic mass is 10.2. The molecular formula is C9H14O4S. The molecule has 0 bridgehead atoms. The molecule has 0 unspecified atom stereocenters. The van der Waals surface area contributed by atoms with Crippen molar-refractivity contribution in [3.05, 3.63) is 0 Å². The van der Waals surface area contributed by atoms with Crippen molar-refractivity contribution in [2.75, 3.05) is 12.4 Å². The van der Waals surface area contributed by atoms with Crippen LogP contribution in [0, 0.1) is 12.3 Å². The van der Waals surface area contributed by atoms with Crippen molar-refractivity contribution in [3.8, 4) is 12.3 Å². The van der Waals surface area contributed by atoms with E-state index < -0.39 is 26.3 Å². The van der Waals surface area contributed by atoms with Gasteiger partial charge in [-0.3, -0.25) is 4.79 Å². The van der Waals surface area contributed by atoms with Crippen molar-refractivity contribution < 1.29 is 17.9 Å². The van der Waals surface area contributed by atoms with E-state index in [2.05, 4.69) is 4.74 Å². The molecule has 14 heavy (non-hydrogen) atoms. The highest BCUT2D eigenvalue weighted by Gasteiger charge is 2.42. The maximum atomic E-state index is 11.5. The molecule has 0 fully saturated rings. The van der Waals surface area contributed by atoms with Gasteiger partial charge in [-0.25, -0.2) is 8.42 Å². The number of hydrogen-bond donors (Lipinski definition) is 0. The van der Waals surface area contributed by atoms with Gasteiger partial charge in [0.2, 0.25) is 0 Å². The van der Waals surface area contributed by atoms with Crippen LogP contribution in [-0.2, 0) is 19.4 Å². The molecular weight excluding hydrogens is 204 g/mol. The molecule has 0 saturated heterocycles. The minimum atomic E-state index is -3.64. The Morgan fingerprint density at radius 3 is 2.36 bits per heavy atom. The van der Waals surface area contributed by atoms with Gasteiger partial charge < -0.3 is 4.74 Å². The van der Waals surface area contributed by atoms with Crippen LogP contribution in [0.5, 0.6) is 0 Å². The summed E-state index contributed by atoms with van der Waals surface area (Å²) < 4.78 is 26.1. The maximum absolute atomic E-state index is 11.5. The summed E-state index contributed by atoms with van der Waals surface area (Å²) in [5, 5.41) is 0.